The number of oxazole rings is 1. The third-order valence-electron chi connectivity index (χ3n) is 2.59. The largest absolute Gasteiger partial charge is 0.443 e. The van der Waals surface area contributed by atoms with Gasteiger partial charge in [0.2, 0.25) is 0 Å². The highest BCUT2D eigenvalue weighted by molar-refractivity contribution is 5.60. The standard InChI is InChI=1S/C13H14F2N2O2/c1-18-5-4-16-7-12-13(19-8-17-12)10-6-9(14)2-3-11(10)15/h2-3,6,8,16H,4-5,7H2,1H3. The molecule has 0 bridgehead atoms. The molecule has 0 fully saturated rings. The molecule has 0 amide bonds. The van der Waals surface area contributed by atoms with Crippen LogP contribution in [0.15, 0.2) is 29.0 Å². The summed E-state index contributed by atoms with van der Waals surface area (Å²) in [5.74, 6) is -0.829. The second-order valence-corrected chi connectivity index (χ2v) is 3.92. The van der Waals surface area contributed by atoms with E-state index < -0.39 is 11.6 Å². The molecule has 2 rings (SSSR count). The highest BCUT2D eigenvalue weighted by Gasteiger charge is 2.15. The van der Waals surface area contributed by atoms with Gasteiger partial charge in [0, 0.05) is 20.2 Å². The lowest BCUT2D eigenvalue weighted by atomic mass is 10.1. The van der Waals surface area contributed by atoms with Gasteiger partial charge in [-0.2, -0.15) is 0 Å². The Morgan fingerprint density at radius 2 is 2.21 bits per heavy atom. The number of hydrogen-bond donors (Lipinski definition) is 1. The molecule has 4 nitrogen and oxygen atoms in total. The van der Waals surface area contributed by atoms with Crippen molar-refractivity contribution in [3.05, 3.63) is 41.9 Å². The van der Waals surface area contributed by atoms with Crippen molar-refractivity contribution in [3.8, 4) is 11.3 Å². The Bertz CT molecular complexity index is 543. The van der Waals surface area contributed by atoms with E-state index in [1.807, 2.05) is 0 Å². The van der Waals surface area contributed by atoms with Gasteiger partial charge < -0.3 is 14.5 Å². The van der Waals surface area contributed by atoms with Crippen molar-refractivity contribution >= 4 is 0 Å². The van der Waals surface area contributed by atoms with Gasteiger partial charge in [-0.15, -0.1) is 0 Å². The molecule has 0 saturated carbocycles. The number of rotatable bonds is 6. The summed E-state index contributed by atoms with van der Waals surface area (Å²) in [5.41, 5.74) is 0.599. The van der Waals surface area contributed by atoms with Crippen LogP contribution in [0.1, 0.15) is 5.69 Å². The van der Waals surface area contributed by atoms with E-state index >= 15 is 0 Å². The number of ether oxygens (including phenoxy) is 1. The molecule has 0 aliphatic carbocycles. The van der Waals surface area contributed by atoms with Gasteiger partial charge in [-0.1, -0.05) is 0 Å². The molecule has 102 valence electrons. The summed E-state index contributed by atoms with van der Waals surface area (Å²) in [4.78, 5) is 4.00. The van der Waals surface area contributed by atoms with Crippen LogP contribution in [0.4, 0.5) is 8.78 Å². The maximum atomic E-state index is 13.7. The molecule has 0 unspecified atom stereocenters. The number of nitrogens with one attached hydrogen (secondary N) is 1. The molecular formula is C13H14F2N2O2. The molecule has 1 heterocycles. The molecule has 0 aliphatic rings. The summed E-state index contributed by atoms with van der Waals surface area (Å²) in [5, 5.41) is 3.07. The van der Waals surface area contributed by atoms with Crippen molar-refractivity contribution in [3.63, 3.8) is 0 Å². The first kappa shape index (κ1) is 13.6. The van der Waals surface area contributed by atoms with Gasteiger partial charge in [-0.05, 0) is 18.2 Å². The average molecular weight is 268 g/mol. The van der Waals surface area contributed by atoms with Crippen molar-refractivity contribution in [2.45, 2.75) is 6.54 Å². The summed E-state index contributed by atoms with van der Waals surface area (Å²) in [6, 6.07) is 3.22. The van der Waals surface area contributed by atoms with E-state index in [9.17, 15) is 8.78 Å². The van der Waals surface area contributed by atoms with Crippen LogP contribution in [0.2, 0.25) is 0 Å². The van der Waals surface area contributed by atoms with Crippen molar-refractivity contribution in [1.29, 1.82) is 0 Å². The van der Waals surface area contributed by atoms with Gasteiger partial charge in [0.15, 0.2) is 12.2 Å². The lowest BCUT2D eigenvalue weighted by Gasteiger charge is -2.04. The Morgan fingerprint density at radius 3 is 3.00 bits per heavy atom. The van der Waals surface area contributed by atoms with Crippen LogP contribution in [-0.2, 0) is 11.3 Å². The number of aromatic nitrogens is 1. The van der Waals surface area contributed by atoms with E-state index in [1.165, 1.54) is 6.39 Å². The van der Waals surface area contributed by atoms with Gasteiger partial charge in [-0.25, -0.2) is 13.8 Å². The Labute approximate surface area is 109 Å². The summed E-state index contributed by atoms with van der Waals surface area (Å²) in [6.45, 7) is 1.58. The molecule has 0 radical (unpaired) electrons. The van der Waals surface area contributed by atoms with E-state index in [0.717, 1.165) is 18.2 Å². The Balaban J connectivity index is 2.16. The van der Waals surface area contributed by atoms with E-state index in [0.29, 0.717) is 25.4 Å². The summed E-state index contributed by atoms with van der Waals surface area (Å²) in [7, 11) is 1.60. The maximum Gasteiger partial charge on any atom is 0.181 e. The molecule has 2 aromatic rings. The molecule has 0 spiro atoms. The van der Waals surface area contributed by atoms with Crippen LogP contribution in [0.5, 0.6) is 0 Å². The Kier molecular flexibility index (Phi) is 4.59. The SMILES string of the molecule is COCCNCc1ncoc1-c1cc(F)ccc1F. The summed E-state index contributed by atoms with van der Waals surface area (Å²) < 4.78 is 36.9. The molecule has 1 aromatic heterocycles. The molecule has 6 heteroatoms. The fourth-order valence-corrected chi connectivity index (χ4v) is 1.67. The molecule has 0 atom stereocenters. The van der Waals surface area contributed by atoms with Crippen LogP contribution < -0.4 is 5.32 Å². The zero-order valence-corrected chi connectivity index (χ0v) is 10.5. The molecule has 1 N–H and O–H groups in total. The van der Waals surface area contributed by atoms with E-state index in [2.05, 4.69) is 10.3 Å². The lowest BCUT2D eigenvalue weighted by molar-refractivity contribution is 0.199. The van der Waals surface area contributed by atoms with Crippen molar-refractivity contribution in [1.82, 2.24) is 10.3 Å². The number of nitrogens with zero attached hydrogens (tertiary/aromatic N) is 1. The molecule has 0 saturated heterocycles. The predicted molar refractivity (Wildman–Crippen MR) is 65.4 cm³/mol. The number of benzene rings is 1. The second kappa shape index (κ2) is 6.40. The predicted octanol–water partition coefficient (Wildman–Crippen LogP) is 2.36. The van der Waals surface area contributed by atoms with Gasteiger partial charge in [0.05, 0.1) is 12.2 Å². The zero-order chi connectivity index (χ0) is 13.7. The first-order chi connectivity index (χ1) is 9.22. The van der Waals surface area contributed by atoms with Crippen molar-refractivity contribution in [2.75, 3.05) is 20.3 Å². The maximum absolute atomic E-state index is 13.7. The highest BCUT2D eigenvalue weighted by atomic mass is 19.1. The summed E-state index contributed by atoms with van der Waals surface area (Å²) in [6.07, 6.45) is 1.22. The van der Waals surface area contributed by atoms with Crippen LogP contribution >= 0.6 is 0 Å². The first-order valence-electron chi connectivity index (χ1n) is 5.80. The number of methoxy groups -OCH3 is 1. The number of hydrogen-bond acceptors (Lipinski definition) is 4. The molecular weight excluding hydrogens is 254 g/mol. The van der Waals surface area contributed by atoms with Gasteiger partial charge >= 0.3 is 0 Å². The quantitative estimate of drug-likeness (QED) is 0.817. The van der Waals surface area contributed by atoms with Gasteiger partial charge in [-0.3, -0.25) is 0 Å². The van der Waals surface area contributed by atoms with E-state index in [-0.39, 0.29) is 11.3 Å². The minimum atomic E-state index is -0.545. The van der Waals surface area contributed by atoms with E-state index in [1.54, 1.807) is 7.11 Å². The molecule has 1 aromatic carbocycles. The smallest absolute Gasteiger partial charge is 0.181 e. The van der Waals surface area contributed by atoms with Crippen LogP contribution in [0.3, 0.4) is 0 Å². The van der Waals surface area contributed by atoms with Crippen LogP contribution in [-0.4, -0.2) is 25.2 Å². The minimum Gasteiger partial charge on any atom is -0.443 e. The van der Waals surface area contributed by atoms with E-state index in [4.69, 9.17) is 9.15 Å². The average Bonchev–Trinajstić information content (AvgIpc) is 2.86. The van der Waals surface area contributed by atoms with Gasteiger partial charge in [0.25, 0.3) is 0 Å². The van der Waals surface area contributed by atoms with Crippen molar-refractivity contribution < 1.29 is 17.9 Å². The monoisotopic (exact) mass is 268 g/mol. The van der Waals surface area contributed by atoms with Crippen LogP contribution in [0, 0.1) is 11.6 Å². The summed E-state index contributed by atoms with van der Waals surface area (Å²) >= 11 is 0. The Hall–Kier alpha value is -1.79. The third-order valence-corrected chi connectivity index (χ3v) is 2.59. The topological polar surface area (TPSA) is 47.3 Å². The lowest BCUT2D eigenvalue weighted by Crippen LogP contribution is -2.19. The van der Waals surface area contributed by atoms with Crippen LogP contribution in [0.25, 0.3) is 11.3 Å². The fourth-order valence-electron chi connectivity index (χ4n) is 1.67. The zero-order valence-electron chi connectivity index (χ0n) is 10.5. The third kappa shape index (κ3) is 3.36. The fraction of sp³-hybridized carbons (Fsp3) is 0.308. The normalized spacial score (nSPS) is 10.9. The number of halogens is 2. The minimum absolute atomic E-state index is 0.0704. The molecule has 0 aliphatic heterocycles. The molecule has 19 heavy (non-hydrogen) atoms. The van der Waals surface area contributed by atoms with Gasteiger partial charge in [0.1, 0.15) is 17.3 Å². The second-order valence-electron chi connectivity index (χ2n) is 3.92. The highest BCUT2D eigenvalue weighted by Crippen LogP contribution is 2.26. The Morgan fingerprint density at radius 1 is 1.37 bits per heavy atom. The first-order valence-corrected chi connectivity index (χ1v) is 5.80. The van der Waals surface area contributed by atoms with Crippen molar-refractivity contribution in [2.24, 2.45) is 0 Å².